The average Bonchev–Trinajstić information content (AvgIpc) is 3.00. The van der Waals surface area contributed by atoms with Crippen molar-refractivity contribution < 1.29 is 23.1 Å². The van der Waals surface area contributed by atoms with Gasteiger partial charge in [0.25, 0.3) is 11.8 Å². The third-order valence-corrected chi connectivity index (χ3v) is 5.76. The number of ether oxygens (including phenoxy) is 1. The molecule has 162 valence electrons. The highest BCUT2D eigenvalue weighted by atomic mass is 19.1. The standard InChI is InChI=1S/C24H24F2N2O3/c1-3-31-18-7-4-16(5-8-18)21-22(27-12-10-15(2)11-13-27)24(30)28(23(21)29)20-9-6-17(25)14-19(20)26/h4-9,14-15H,3,10-13H2,1-2H3. The van der Waals surface area contributed by atoms with Crippen molar-refractivity contribution in [1.82, 2.24) is 4.90 Å². The molecule has 0 aromatic heterocycles. The van der Waals surface area contributed by atoms with E-state index in [0.29, 0.717) is 43.0 Å². The van der Waals surface area contributed by atoms with E-state index in [9.17, 15) is 18.4 Å². The molecule has 0 saturated carbocycles. The summed E-state index contributed by atoms with van der Waals surface area (Å²) in [6.07, 6.45) is 1.79. The molecular formula is C24H24F2N2O3. The number of anilines is 1. The predicted molar refractivity (Wildman–Crippen MR) is 113 cm³/mol. The number of amides is 2. The monoisotopic (exact) mass is 426 g/mol. The SMILES string of the molecule is CCOc1ccc(C2=C(N3CCC(C)CC3)C(=O)N(c3ccc(F)cc3F)C2=O)cc1. The van der Waals surface area contributed by atoms with Gasteiger partial charge in [0.05, 0.1) is 17.9 Å². The first-order valence-corrected chi connectivity index (χ1v) is 10.5. The second-order valence-electron chi connectivity index (χ2n) is 7.89. The molecule has 2 aliphatic rings. The van der Waals surface area contributed by atoms with Gasteiger partial charge in [-0.05, 0) is 55.5 Å². The molecule has 0 N–H and O–H groups in total. The third-order valence-electron chi connectivity index (χ3n) is 5.76. The number of benzene rings is 2. The summed E-state index contributed by atoms with van der Waals surface area (Å²) in [6.45, 7) is 5.81. The van der Waals surface area contributed by atoms with Crippen LogP contribution in [-0.4, -0.2) is 36.4 Å². The summed E-state index contributed by atoms with van der Waals surface area (Å²) in [5, 5.41) is 0. The van der Waals surface area contributed by atoms with E-state index in [-0.39, 0.29) is 17.0 Å². The van der Waals surface area contributed by atoms with Crippen LogP contribution in [0.4, 0.5) is 14.5 Å². The van der Waals surface area contributed by atoms with Gasteiger partial charge >= 0.3 is 0 Å². The summed E-state index contributed by atoms with van der Waals surface area (Å²) >= 11 is 0. The second-order valence-corrected chi connectivity index (χ2v) is 7.89. The molecule has 2 aliphatic heterocycles. The average molecular weight is 426 g/mol. The molecule has 31 heavy (non-hydrogen) atoms. The Kier molecular flexibility index (Phi) is 5.76. The maximum atomic E-state index is 14.5. The molecule has 1 fully saturated rings. The Labute approximate surface area is 179 Å². The van der Waals surface area contributed by atoms with Gasteiger partial charge in [0, 0.05) is 19.2 Å². The predicted octanol–water partition coefficient (Wildman–Crippen LogP) is 4.38. The van der Waals surface area contributed by atoms with Crippen LogP contribution in [0.2, 0.25) is 0 Å². The fraction of sp³-hybridized carbons (Fsp3) is 0.333. The molecule has 0 bridgehead atoms. The Morgan fingerprint density at radius 1 is 1.00 bits per heavy atom. The Morgan fingerprint density at radius 2 is 1.68 bits per heavy atom. The fourth-order valence-corrected chi connectivity index (χ4v) is 4.07. The second kappa shape index (κ2) is 8.49. The van der Waals surface area contributed by atoms with Crippen molar-refractivity contribution >= 4 is 23.1 Å². The summed E-state index contributed by atoms with van der Waals surface area (Å²) in [7, 11) is 0. The van der Waals surface area contributed by atoms with Gasteiger partial charge in [-0.15, -0.1) is 0 Å². The van der Waals surface area contributed by atoms with Gasteiger partial charge in [0.2, 0.25) is 0 Å². The van der Waals surface area contributed by atoms with Gasteiger partial charge in [-0.1, -0.05) is 19.1 Å². The van der Waals surface area contributed by atoms with Gasteiger partial charge in [-0.3, -0.25) is 9.59 Å². The lowest BCUT2D eigenvalue weighted by molar-refractivity contribution is -0.120. The summed E-state index contributed by atoms with van der Waals surface area (Å²) in [6, 6.07) is 9.76. The lowest BCUT2D eigenvalue weighted by atomic mass is 9.97. The third kappa shape index (κ3) is 3.92. The zero-order valence-electron chi connectivity index (χ0n) is 17.5. The van der Waals surface area contributed by atoms with E-state index in [0.717, 1.165) is 29.9 Å². The van der Waals surface area contributed by atoms with E-state index in [1.807, 2.05) is 11.8 Å². The van der Waals surface area contributed by atoms with E-state index < -0.39 is 23.4 Å². The minimum absolute atomic E-state index is 0.228. The minimum Gasteiger partial charge on any atom is -0.494 e. The number of nitrogens with zero attached hydrogens (tertiary/aromatic N) is 2. The first-order valence-electron chi connectivity index (χ1n) is 10.5. The highest BCUT2D eigenvalue weighted by Crippen LogP contribution is 2.37. The van der Waals surface area contributed by atoms with Crippen LogP contribution >= 0.6 is 0 Å². The molecular weight excluding hydrogens is 402 g/mol. The molecule has 0 aliphatic carbocycles. The number of rotatable bonds is 5. The van der Waals surface area contributed by atoms with Crippen LogP contribution in [0.15, 0.2) is 48.2 Å². The molecule has 0 spiro atoms. The van der Waals surface area contributed by atoms with Crippen LogP contribution in [0, 0.1) is 17.6 Å². The first kappa shape index (κ1) is 21.0. The molecule has 7 heteroatoms. The van der Waals surface area contributed by atoms with Crippen molar-refractivity contribution in [3.63, 3.8) is 0 Å². The van der Waals surface area contributed by atoms with Gasteiger partial charge in [0.15, 0.2) is 0 Å². The van der Waals surface area contributed by atoms with E-state index in [4.69, 9.17) is 4.74 Å². The van der Waals surface area contributed by atoms with E-state index in [1.54, 1.807) is 24.3 Å². The smallest absolute Gasteiger partial charge is 0.282 e. The Hall–Kier alpha value is -3.22. The molecule has 4 rings (SSSR count). The van der Waals surface area contributed by atoms with Gasteiger partial charge in [-0.25, -0.2) is 13.7 Å². The van der Waals surface area contributed by atoms with Crippen molar-refractivity contribution in [3.05, 3.63) is 65.4 Å². The van der Waals surface area contributed by atoms with Crippen LogP contribution in [-0.2, 0) is 9.59 Å². The molecule has 5 nitrogen and oxygen atoms in total. The number of imide groups is 1. The highest BCUT2D eigenvalue weighted by molar-refractivity contribution is 6.45. The molecule has 0 radical (unpaired) electrons. The number of hydrogen-bond donors (Lipinski definition) is 0. The Bertz CT molecular complexity index is 1040. The number of carbonyl (C=O) groups excluding carboxylic acids is 2. The van der Waals surface area contributed by atoms with Crippen LogP contribution in [0.5, 0.6) is 5.75 Å². The number of likely N-dealkylation sites (tertiary alicyclic amines) is 1. The molecule has 2 amide bonds. The molecule has 0 atom stereocenters. The van der Waals surface area contributed by atoms with Gasteiger partial charge < -0.3 is 9.64 Å². The molecule has 1 saturated heterocycles. The van der Waals surface area contributed by atoms with Crippen molar-refractivity contribution in [1.29, 1.82) is 0 Å². The quantitative estimate of drug-likeness (QED) is 0.666. The lowest BCUT2D eigenvalue weighted by Crippen LogP contribution is -2.38. The van der Waals surface area contributed by atoms with E-state index in [1.165, 1.54) is 0 Å². The van der Waals surface area contributed by atoms with Crippen molar-refractivity contribution in [3.8, 4) is 5.75 Å². The summed E-state index contributed by atoms with van der Waals surface area (Å²) < 4.78 is 33.4. The largest absolute Gasteiger partial charge is 0.494 e. The van der Waals surface area contributed by atoms with Gasteiger partial charge in [0.1, 0.15) is 23.1 Å². The zero-order valence-corrected chi connectivity index (χ0v) is 17.5. The summed E-state index contributed by atoms with van der Waals surface area (Å²) in [5.74, 6) is -1.75. The molecule has 0 unspecified atom stereocenters. The maximum Gasteiger partial charge on any atom is 0.282 e. The minimum atomic E-state index is -0.957. The molecule has 2 heterocycles. The van der Waals surface area contributed by atoms with Crippen LogP contribution in [0.3, 0.4) is 0 Å². The Balaban J connectivity index is 1.79. The van der Waals surface area contributed by atoms with Crippen LogP contribution in [0.1, 0.15) is 32.3 Å². The first-order chi connectivity index (χ1) is 14.9. The molecule has 2 aromatic rings. The maximum absolute atomic E-state index is 14.5. The fourth-order valence-electron chi connectivity index (χ4n) is 4.07. The van der Waals surface area contributed by atoms with Crippen molar-refractivity contribution in [2.24, 2.45) is 5.92 Å². The van der Waals surface area contributed by atoms with Crippen LogP contribution < -0.4 is 9.64 Å². The van der Waals surface area contributed by atoms with Gasteiger partial charge in [-0.2, -0.15) is 0 Å². The number of hydrogen-bond acceptors (Lipinski definition) is 4. The summed E-state index contributed by atoms with van der Waals surface area (Å²) in [4.78, 5) is 29.5. The Morgan fingerprint density at radius 3 is 2.29 bits per heavy atom. The van der Waals surface area contributed by atoms with Crippen molar-refractivity contribution in [2.75, 3.05) is 24.6 Å². The van der Waals surface area contributed by atoms with Crippen molar-refractivity contribution in [2.45, 2.75) is 26.7 Å². The summed E-state index contributed by atoms with van der Waals surface area (Å²) in [5.41, 5.74) is 0.803. The zero-order chi connectivity index (χ0) is 22.1. The number of halogens is 2. The van der Waals surface area contributed by atoms with E-state index in [2.05, 4.69) is 6.92 Å². The van der Waals surface area contributed by atoms with Crippen LogP contribution in [0.25, 0.3) is 5.57 Å². The number of carbonyl (C=O) groups is 2. The number of piperidine rings is 1. The normalized spacial score (nSPS) is 17.7. The topological polar surface area (TPSA) is 49.9 Å². The van der Waals surface area contributed by atoms with E-state index >= 15 is 0 Å². The highest BCUT2D eigenvalue weighted by Gasteiger charge is 2.43. The molecule has 2 aromatic carbocycles. The lowest BCUT2D eigenvalue weighted by Gasteiger charge is -2.32.